The highest BCUT2D eigenvalue weighted by molar-refractivity contribution is 7.10. The Balaban J connectivity index is 0.000000213. The van der Waals surface area contributed by atoms with Crippen molar-refractivity contribution in [3.05, 3.63) is 21.9 Å². The zero-order chi connectivity index (χ0) is 15.6. The van der Waals surface area contributed by atoms with Crippen molar-refractivity contribution < 1.29 is 4.74 Å². The summed E-state index contributed by atoms with van der Waals surface area (Å²) in [5.41, 5.74) is 1.46. The molecule has 1 aromatic heterocycles. The molecule has 2 fully saturated rings. The Hall–Kier alpha value is -0.420. The normalized spacial score (nSPS) is 24.0. The average molecular weight is 325 g/mol. The summed E-state index contributed by atoms with van der Waals surface area (Å²) in [5.74, 6) is 0. The van der Waals surface area contributed by atoms with Crippen molar-refractivity contribution in [1.82, 2.24) is 10.2 Å². The van der Waals surface area contributed by atoms with Crippen LogP contribution in [0.5, 0.6) is 0 Å². The lowest BCUT2D eigenvalue weighted by atomic mass is 10.1. The van der Waals surface area contributed by atoms with E-state index in [1.54, 1.807) is 4.88 Å². The van der Waals surface area contributed by atoms with Gasteiger partial charge < -0.3 is 15.0 Å². The van der Waals surface area contributed by atoms with E-state index in [1.165, 1.54) is 57.4 Å². The van der Waals surface area contributed by atoms with E-state index in [0.29, 0.717) is 6.10 Å². The van der Waals surface area contributed by atoms with Gasteiger partial charge >= 0.3 is 0 Å². The van der Waals surface area contributed by atoms with Gasteiger partial charge in [-0.25, -0.2) is 0 Å². The van der Waals surface area contributed by atoms with E-state index in [-0.39, 0.29) is 0 Å². The molecule has 1 atom stereocenters. The highest BCUT2D eigenvalue weighted by Crippen LogP contribution is 2.32. The van der Waals surface area contributed by atoms with Crippen LogP contribution in [0, 0.1) is 0 Å². The molecule has 0 amide bonds. The molecule has 3 aliphatic heterocycles. The van der Waals surface area contributed by atoms with Gasteiger partial charge in [0.25, 0.3) is 0 Å². The van der Waals surface area contributed by atoms with Gasteiger partial charge in [-0.1, -0.05) is 13.8 Å². The van der Waals surface area contributed by atoms with Crippen molar-refractivity contribution in [2.75, 3.05) is 39.3 Å². The lowest BCUT2D eigenvalue weighted by Crippen LogP contribution is -2.29. The van der Waals surface area contributed by atoms with Gasteiger partial charge in [0.15, 0.2) is 0 Å². The van der Waals surface area contributed by atoms with Gasteiger partial charge in [0, 0.05) is 17.8 Å². The van der Waals surface area contributed by atoms with E-state index >= 15 is 0 Å². The van der Waals surface area contributed by atoms with Crippen LogP contribution in [-0.4, -0.2) is 44.2 Å². The van der Waals surface area contributed by atoms with Gasteiger partial charge in [-0.2, -0.15) is 0 Å². The fraction of sp³-hybridized carbons (Fsp3) is 0.778. The first-order valence-electron chi connectivity index (χ1n) is 9.04. The lowest BCUT2D eigenvalue weighted by Gasteiger charge is -2.27. The SMILES string of the molecule is C1CCNC1.CC.c1cc2c(s1)CCOC2CN1CCCC1. The van der Waals surface area contributed by atoms with E-state index < -0.39 is 0 Å². The average Bonchev–Trinajstić information content (AvgIpc) is 3.33. The molecular weight excluding hydrogens is 292 g/mol. The van der Waals surface area contributed by atoms with E-state index in [4.69, 9.17) is 4.74 Å². The first kappa shape index (κ1) is 17.9. The molecule has 0 spiro atoms. The van der Waals surface area contributed by atoms with Crippen molar-refractivity contribution >= 4 is 11.3 Å². The van der Waals surface area contributed by atoms with Crippen LogP contribution in [0.3, 0.4) is 0 Å². The molecule has 0 aromatic carbocycles. The molecule has 1 aromatic rings. The Bertz CT molecular complexity index is 390. The number of hydrogen-bond donors (Lipinski definition) is 1. The third-order valence-electron chi connectivity index (χ3n) is 4.35. The van der Waals surface area contributed by atoms with Crippen molar-refractivity contribution in [1.29, 1.82) is 0 Å². The second-order valence-electron chi connectivity index (χ2n) is 5.87. The standard InChI is InChI=1S/C12H17NOS.C4H9N.C2H6/c1-2-6-13(5-1)9-11-10-4-8-15-12(10)3-7-14-11;1-2-4-5-3-1;1-2/h4,8,11H,1-3,5-7,9H2;5H,1-4H2;1-2H3. The molecule has 1 N–H and O–H groups in total. The number of ether oxygens (including phenoxy) is 1. The molecule has 3 nitrogen and oxygen atoms in total. The van der Waals surface area contributed by atoms with Crippen LogP contribution >= 0.6 is 11.3 Å². The fourth-order valence-corrected chi connectivity index (χ4v) is 4.12. The summed E-state index contributed by atoms with van der Waals surface area (Å²) in [6.07, 6.45) is 6.97. The predicted octanol–water partition coefficient (Wildman–Crippen LogP) is 3.85. The van der Waals surface area contributed by atoms with Crippen LogP contribution in [0.2, 0.25) is 0 Å². The van der Waals surface area contributed by atoms with Gasteiger partial charge in [-0.3, -0.25) is 0 Å². The number of nitrogens with one attached hydrogen (secondary N) is 1. The van der Waals surface area contributed by atoms with Crippen molar-refractivity contribution in [3.8, 4) is 0 Å². The molecule has 1 unspecified atom stereocenters. The second kappa shape index (κ2) is 10.4. The number of rotatable bonds is 2. The highest BCUT2D eigenvalue weighted by atomic mass is 32.1. The molecule has 4 heterocycles. The topological polar surface area (TPSA) is 24.5 Å². The molecule has 3 aliphatic rings. The number of nitrogens with zero attached hydrogens (tertiary/aromatic N) is 1. The van der Waals surface area contributed by atoms with Crippen LogP contribution in [0.1, 0.15) is 56.1 Å². The van der Waals surface area contributed by atoms with Gasteiger partial charge in [0.1, 0.15) is 0 Å². The molecule has 22 heavy (non-hydrogen) atoms. The zero-order valence-corrected chi connectivity index (χ0v) is 15.1. The number of thiophene rings is 1. The van der Waals surface area contributed by atoms with Gasteiger partial charge in [-0.15, -0.1) is 11.3 Å². The summed E-state index contributed by atoms with van der Waals surface area (Å²) in [5, 5.41) is 5.43. The fourth-order valence-electron chi connectivity index (χ4n) is 3.20. The summed E-state index contributed by atoms with van der Waals surface area (Å²) >= 11 is 1.89. The molecule has 4 rings (SSSR count). The Morgan fingerprint density at radius 3 is 2.55 bits per heavy atom. The molecule has 0 saturated carbocycles. The number of hydrogen-bond acceptors (Lipinski definition) is 4. The van der Waals surface area contributed by atoms with Crippen molar-refractivity contribution in [3.63, 3.8) is 0 Å². The van der Waals surface area contributed by atoms with Crippen LogP contribution in [0.4, 0.5) is 0 Å². The highest BCUT2D eigenvalue weighted by Gasteiger charge is 2.25. The molecule has 2 saturated heterocycles. The maximum Gasteiger partial charge on any atom is 0.0962 e. The van der Waals surface area contributed by atoms with Crippen LogP contribution in [0.15, 0.2) is 11.4 Å². The van der Waals surface area contributed by atoms with Crippen LogP contribution in [0.25, 0.3) is 0 Å². The summed E-state index contributed by atoms with van der Waals surface area (Å²) in [6, 6.07) is 2.25. The van der Waals surface area contributed by atoms with Crippen LogP contribution < -0.4 is 5.32 Å². The van der Waals surface area contributed by atoms with E-state index in [1.807, 2.05) is 25.2 Å². The Morgan fingerprint density at radius 2 is 1.91 bits per heavy atom. The van der Waals surface area contributed by atoms with E-state index in [2.05, 4.69) is 21.7 Å². The van der Waals surface area contributed by atoms with Gasteiger partial charge in [0.2, 0.25) is 0 Å². The van der Waals surface area contributed by atoms with E-state index in [0.717, 1.165) is 19.6 Å². The third-order valence-corrected chi connectivity index (χ3v) is 5.35. The molecule has 126 valence electrons. The van der Waals surface area contributed by atoms with Gasteiger partial charge in [-0.05, 0) is 68.9 Å². The minimum absolute atomic E-state index is 0.345. The third kappa shape index (κ3) is 5.34. The van der Waals surface area contributed by atoms with E-state index in [9.17, 15) is 0 Å². The largest absolute Gasteiger partial charge is 0.372 e. The summed E-state index contributed by atoms with van der Waals surface area (Å²) < 4.78 is 5.89. The van der Waals surface area contributed by atoms with Gasteiger partial charge in [0.05, 0.1) is 12.7 Å². The molecular formula is C18H32N2OS. The maximum absolute atomic E-state index is 5.89. The first-order chi connectivity index (χ1) is 10.9. The molecule has 4 heteroatoms. The molecule has 0 aliphatic carbocycles. The Kier molecular flexibility index (Phi) is 8.45. The quantitative estimate of drug-likeness (QED) is 0.894. The summed E-state index contributed by atoms with van der Waals surface area (Å²) in [7, 11) is 0. The van der Waals surface area contributed by atoms with Crippen molar-refractivity contribution in [2.45, 2.75) is 52.1 Å². The monoisotopic (exact) mass is 324 g/mol. The molecule has 0 radical (unpaired) electrons. The van der Waals surface area contributed by atoms with Crippen molar-refractivity contribution in [2.24, 2.45) is 0 Å². The number of fused-ring (bicyclic) bond motifs is 1. The summed E-state index contributed by atoms with van der Waals surface area (Å²) in [6.45, 7) is 11.0. The minimum atomic E-state index is 0.345. The lowest BCUT2D eigenvalue weighted by molar-refractivity contribution is 0.0217. The first-order valence-corrected chi connectivity index (χ1v) is 9.92. The zero-order valence-electron chi connectivity index (χ0n) is 14.3. The second-order valence-corrected chi connectivity index (χ2v) is 6.87. The Morgan fingerprint density at radius 1 is 1.18 bits per heavy atom. The predicted molar refractivity (Wildman–Crippen MR) is 95.8 cm³/mol. The maximum atomic E-state index is 5.89. The number of likely N-dealkylation sites (tertiary alicyclic amines) is 1. The van der Waals surface area contributed by atoms with Crippen LogP contribution in [-0.2, 0) is 11.2 Å². The minimum Gasteiger partial charge on any atom is -0.372 e. The Labute approximate surface area is 140 Å². The smallest absolute Gasteiger partial charge is 0.0962 e. The summed E-state index contributed by atoms with van der Waals surface area (Å²) in [4.78, 5) is 4.09. The molecule has 0 bridgehead atoms.